The molecule has 112 valence electrons. The van der Waals surface area contributed by atoms with Gasteiger partial charge in [-0.2, -0.15) is 5.10 Å². The van der Waals surface area contributed by atoms with Gasteiger partial charge in [0, 0.05) is 7.05 Å². The molecule has 1 atom stereocenters. The highest BCUT2D eigenvalue weighted by Crippen LogP contribution is 2.32. The Morgan fingerprint density at radius 3 is 3.00 bits per heavy atom. The lowest BCUT2D eigenvalue weighted by atomic mass is 9.89. The van der Waals surface area contributed by atoms with Crippen molar-refractivity contribution in [3.63, 3.8) is 0 Å². The lowest BCUT2D eigenvalue weighted by molar-refractivity contribution is 0.156. The maximum atomic E-state index is 10.1. The van der Waals surface area contributed by atoms with Crippen molar-refractivity contribution >= 4 is 0 Å². The van der Waals surface area contributed by atoms with Crippen LogP contribution in [0.4, 0.5) is 0 Å². The van der Waals surface area contributed by atoms with Gasteiger partial charge in [-0.05, 0) is 55.0 Å². The third kappa shape index (κ3) is 2.95. The highest BCUT2D eigenvalue weighted by Gasteiger charge is 2.18. The summed E-state index contributed by atoms with van der Waals surface area (Å²) >= 11 is 0. The molecule has 0 radical (unpaired) electrons. The summed E-state index contributed by atoms with van der Waals surface area (Å²) in [4.78, 5) is 0. The van der Waals surface area contributed by atoms with Crippen molar-refractivity contribution in [1.82, 2.24) is 9.78 Å². The van der Waals surface area contributed by atoms with Crippen molar-refractivity contribution in [3.05, 3.63) is 46.8 Å². The first-order chi connectivity index (χ1) is 10.2. The summed E-state index contributed by atoms with van der Waals surface area (Å²) in [6.07, 6.45) is 3.54. The SMILES string of the molecule is CCc1cc(COc2ccc3c(c2)C(O)CCC3)n(C)n1. The van der Waals surface area contributed by atoms with E-state index in [9.17, 15) is 5.11 Å². The maximum absolute atomic E-state index is 10.1. The minimum absolute atomic E-state index is 0.347. The van der Waals surface area contributed by atoms with E-state index in [1.165, 1.54) is 5.56 Å². The largest absolute Gasteiger partial charge is 0.487 e. The van der Waals surface area contributed by atoms with E-state index in [0.29, 0.717) is 6.61 Å². The van der Waals surface area contributed by atoms with Gasteiger partial charge < -0.3 is 9.84 Å². The van der Waals surface area contributed by atoms with Crippen LogP contribution in [0.25, 0.3) is 0 Å². The van der Waals surface area contributed by atoms with Crippen LogP contribution in [0.15, 0.2) is 24.3 Å². The fraction of sp³-hybridized carbons (Fsp3) is 0.471. The van der Waals surface area contributed by atoms with Gasteiger partial charge in [-0.25, -0.2) is 0 Å². The van der Waals surface area contributed by atoms with E-state index in [0.717, 1.165) is 48.4 Å². The second-order valence-corrected chi connectivity index (χ2v) is 5.66. The van der Waals surface area contributed by atoms with Gasteiger partial charge in [-0.15, -0.1) is 0 Å². The van der Waals surface area contributed by atoms with E-state index in [2.05, 4.69) is 24.2 Å². The Balaban J connectivity index is 1.73. The molecule has 0 spiro atoms. The molecule has 0 saturated heterocycles. The van der Waals surface area contributed by atoms with Crippen LogP contribution in [0.1, 0.15) is 48.4 Å². The van der Waals surface area contributed by atoms with Crippen molar-refractivity contribution < 1.29 is 9.84 Å². The lowest BCUT2D eigenvalue weighted by Crippen LogP contribution is -2.09. The Morgan fingerprint density at radius 2 is 2.24 bits per heavy atom. The van der Waals surface area contributed by atoms with Crippen LogP contribution >= 0.6 is 0 Å². The number of ether oxygens (including phenoxy) is 1. The summed E-state index contributed by atoms with van der Waals surface area (Å²) < 4.78 is 7.74. The molecule has 4 heteroatoms. The number of fused-ring (bicyclic) bond motifs is 1. The van der Waals surface area contributed by atoms with Crippen LogP contribution in [0.2, 0.25) is 0 Å². The number of aromatic nitrogens is 2. The molecule has 1 aliphatic rings. The first kappa shape index (κ1) is 14.1. The fourth-order valence-corrected chi connectivity index (χ4v) is 2.88. The Hall–Kier alpha value is -1.81. The first-order valence-electron chi connectivity index (χ1n) is 7.63. The Labute approximate surface area is 125 Å². The average Bonchev–Trinajstić information content (AvgIpc) is 2.86. The zero-order chi connectivity index (χ0) is 14.8. The van der Waals surface area contributed by atoms with Gasteiger partial charge in [-0.3, -0.25) is 4.68 Å². The highest BCUT2D eigenvalue weighted by molar-refractivity contribution is 5.38. The predicted molar refractivity (Wildman–Crippen MR) is 81.3 cm³/mol. The Bertz CT molecular complexity index is 634. The highest BCUT2D eigenvalue weighted by atomic mass is 16.5. The first-order valence-corrected chi connectivity index (χ1v) is 7.63. The van der Waals surface area contributed by atoms with Gasteiger partial charge >= 0.3 is 0 Å². The summed E-state index contributed by atoms with van der Waals surface area (Å²) in [6.45, 7) is 2.59. The molecule has 21 heavy (non-hydrogen) atoms. The average molecular weight is 286 g/mol. The molecule has 0 saturated carbocycles. The topological polar surface area (TPSA) is 47.3 Å². The molecule has 0 fully saturated rings. The zero-order valence-corrected chi connectivity index (χ0v) is 12.7. The lowest BCUT2D eigenvalue weighted by Gasteiger charge is -2.22. The van der Waals surface area contributed by atoms with Crippen molar-refractivity contribution in [2.45, 2.75) is 45.3 Å². The van der Waals surface area contributed by atoms with E-state index in [1.807, 2.05) is 23.9 Å². The summed E-state index contributed by atoms with van der Waals surface area (Å²) in [6, 6.07) is 8.13. The molecule has 1 N–H and O–H groups in total. The molecule has 1 aliphatic carbocycles. The third-order valence-electron chi connectivity index (χ3n) is 4.18. The molecule has 1 heterocycles. The van der Waals surface area contributed by atoms with Crippen molar-refractivity contribution in [1.29, 1.82) is 0 Å². The molecule has 1 aromatic heterocycles. The minimum Gasteiger partial charge on any atom is -0.487 e. The molecule has 0 amide bonds. The summed E-state index contributed by atoms with van der Waals surface area (Å²) in [5.74, 6) is 0.814. The monoisotopic (exact) mass is 286 g/mol. The van der Waals surface area contributed by atoms with Crippen LogP contribution in [-0.4, -0.2) is 14.9 Å². The Morgan fingerprint density at radius 1 is 1.38 bits per heavy atom. The van der Waals surface area contributed by atoms with Gasteiger partial charge in [0.05, 0.1) is 17.5 Å². The zero-order valence-electron chi connectivity index (χ0n) is 12.7. The number of aliphatic hydroxyl groups is 1. The van der Waals surface area contributed by atoms with Crippen LogP contribution < -0.4 is 4.74 Å². The molecule has 1 aromatic carbocycles. The fourth-order valence-electron chi connectivity index (χ4n) is 2.88. The summed E-state index contributed by atoms with van der Waals surface area (Å²) in [7, 11) is 1.94. The van der Waals surface area contributed by atoms with Gasteiger partial charge in [0.1, 0.15) is 12.4 Å². The quantitative estimate of drug-likeness (QED) is 0.940. The maximum Gasteiger partial charge on any atom is 0.130 e. The van der Waals surface area contributed by atoms with Crippen LogP contribution in [0, 0.1) is 0 Å². The smallest absolute Gasteiger partial charge is 0.130 e. The standard InChI is InChI=1S/C17H22N2O2/c1-3-13-9-14(19(2)18-13)11-21-15-8-7-12-5-4-6-17(20)16(12)10-15/h7-10,17,20H,3-6,11H2,1-2H3. The van der Waals surface area contributed by atoms with Crippen molar-refractivity contribution in [2.24, 2.45) is 7.05 Å². The number of rotatable bonds is 4. The van der Waals surface area contributed by atoms with Crippen LogP contribution in [0.3, 0.4) is 0 Å². The molecular weight excluding hydrogens is 264 g/mol. The number of benzene rings is 1. The summed E-state index contributed by atoms with van der Waals surface area (Å²) in [5, 5.41) is 14.5. The van der Waals surface area contributed by atoms with E-state index in [-0.39, 0.29) is 6.10 Å². The normalized spacial score (nSPS) is 17.6. The predicted octanol–water partition coefficient (Wildman–Crippen LogP) is 2.93. The number of hydrogen-bond acceptors (Lipinski definition) is 3. The van der Waals surface area contributed by atoms with Crippen LogP contribution in [-0.2, 0) is 26.5 Å². The second kappa shape index (κ2) is 5.90. The van der Waals surface area contributed by atoms with Gasteiger partial charge in [-0.1, -0.05) is 13.0 Å². The Kier molecular flexibility index (Phi) is 3.97. The van der Waals surface area contributed by atoms with E-state index in [4.69, 9.17) is 4.74 Å². The van der Waals surface area contributed by atoms with Gasteiger partial charge in [0.15, 0.2) is 0 Å². The second-order valence-electron chi connectivity index (χ2n) is 5.66. The van der Waals surface area contributed by atoms with Gasteiger partial charge in [0.2, 0.25) is 0 Å². The van der Waals surface area contributed by atoms with Crippen LogP contribution in [0.5, 0.6) is 5.75 Å². The van der Waals surface area contributed by atoms with E-state index in [1.54, 1.807) is 0 Å². The molecule has 0 aliphatic heterocycles. The molecule has 0 bridgehead atoms. The van der Waals surface area contributed by atoms with E-state index >= 15 is 0 Å². The number of hydrogen-bond donors (Lipinski definition) is 1. The minimum atomic E-state index is -0.347. The molecular formula is C17H22N2O2. The molecule has 4 nitrogen and oxygen atoms in total. The van der Waals surface area contributed by atoms with E-state index < -0.39 is 0 Å². The third-order valence-corrected chi connectivity index (χ3v) is 4.18. The molecule has 3 rings (SSSR count). The number of aliphatic hydroxyl groups excluding tert-OH is 1. The molecule has 2 aromatic rings. The summed E-state index contributed by atoms with van der Waals surface area (Å²) in [5.41, 5.74) is 4.41. The van der Waals surface area contributed by atoms with Gasteiger partial charge in [0.25, 0.3) is 0 Å². The number of aryl methyl sites for hydroxylation is 3. The molecule has 1 unspecified atom stereocenters. The van der Waals surface area contributed by atoms with Crippen molar-refractivity contribution in [3.8, 4) is 5.75 Å². The van der Waals surface area contributed by atoms with Crippen molar-refractivity contribution in [2.75, 3.05) is 0 Å². The number of nitrogens with zero attached hydrogens (tertiary/aromatic N) is 2.